The Hall–Kier alpha value is 0.420. The summed E-state index contributed by atoms with van der Waals surface area (Å²) in [6.07, 6.45) is 0. The van der Waals surface area contributed by atoms with E-state index in [-0.39, 0.29) is 40.5 Å². The molecule has 1 aromatic carbocycles. The van der Waals surface area contributed by atoms with E-state index in [4.69, 9.17) is 11.6 Å². The van der Waals surface area contributed by atoms with Crippen LogP contribution in [-0.4, -0.2) is 14.4 Å². The van der Waals surface area contributed by atoms with Crippen LogP contribution in [0.2, 0.25) is 0 Å². The first-order valence-corrected chi connectivity index (χ1v) is 5.29. The van der Waals surface area contributed by atoms with Gasteiger partial charge in [-0.1, -0.05) is 18.2 Å². The van der Waals surface area contributed by atoms with Gasteiger partial charge in [0.15, 0.2) is 0 Å². The smallest absolute Gasteiger partial charge is 0.207 e. The molecule has 1 aromatic rings. The van der Waals surface area contributed by atoms with Gasteiger partial charge in [-0.3, -0.25) is 0 Å². The Kier molecular flexibility index (Phi) is 6.20. The van der Waals surface area contributed by atoms with Crippen molar-refractivity contribution >= 4 is 21.6 Å². The fraction of sp³-hybridized carbons (Fsp3) is 0.143. The molecule has 0 bridgehead atoms. The molecule has 0 aromatic heterocycles. The van der Waals surface area contributed by atoms with E-state index >= 15 is 0 Å². The third-order valence-electron chi connectivity index (χ3n) is 1.30. The van der Waals surface area contributed by atoms with E-state index in [1.165, 1.54) is 12.1 Å². The molecular weight excluding hydrogens is 221 g/mol. The molecule has 0 aliphatic heterocycles. The number of hydrogen-bond acceptors (Lipinski definition) is 2. The largest absolute Gasteiger partial charge is 1.00 e. The summed E-state index contributed by atoms with van der Waals surface area (Å²) in [6, 6.07) is 7.96. The molecule has 3 nitrogen and oxygen atoms in total. The second-order valence-corrected chi connectivity index (χ2v) is 4.13. The van der Waals surface area contributed by atoms with Crippen molar-refractivity contribution in [2.45, 2.75) is 4.90 Å². The summed E-state index contributed by atoms with van der Waals surface area (Å²) in [4.78, 5) is 0.227. The SMILES string of the molecule is O=S(=O)(NCCl)c1ccccc1.[Na+]. The van der Waals surface area contributed by atoms with Crippen LogP contribution in [-0.2, 0) is 10.0 Å². The molecule has 6 heteroatoms. The Balaban J connectivity index is 0.00000144. The van der Waals surface area contributed by atoms with E-state index in [1.807, 2.05) is 0 Å². The predicted molar refractivity (Wildman–Crippen MR) is 47.5 cm³/mol. The second-order valence-electron chi connectivity index (χ2n) is 2.09. The summed E-state index contributed by atoms with van der Waals surface area (Å²) in [5, 5.41) is 0. The number of halogens is 1. The molecule has 0 amide bonds. The van der Waals surface area contributed by atoms with Crippen LogP contribution >= 0.6 is 11.6 Å². The average Bonchev–Trinajstić information content (AvgIpc) is 2.06. The van der Waals surface area contributed by atoms with Gasteiger partial charge in [0.2, 0.25) is 10.0 Å². The minimum Gasteiger partial charge on any atom is -0.207 e. The maximum Gasteiger partial charge on any atom is 1.00 e. The molecule has 0 unspecified atom stereocenters. The van der Waals surface area contributed by atoms with Crippen molar-refractivity contribution in [3.05, 3.63) is 30.3 Å². The van der Waals surface area contributed by atoms with E-state index in [0.717, 1.165) is 0 Å². The summed E-state index contributed by atoms with van der Waals surface area (Å²) >= 11 is 5.25. The number of benzene rings is 1. The molecule has 13 heavy (non-hydrogen) atoms. The summed E-state index contributed by atoms with van der Waals surface area (Å²) in [7, 11) is -3.39. The fourth-order valence-corrected chi connectivity index (χ4v) is 2.01. The molecule has 0 saturated carbocycles. The normalized spacial score (nSPS) is 10.5. The molecule has 1 rings (SSSR count). The molecule has 0 spiro atoms. The molecule has 0 radical (unpaired) electrons. The van der Waals surface area contributed by atoms with E-state index < -0.39 is 10.0 Å². The fourth-order valence-electron chi connectivity index (χ4n) is 0.755. The van der Waals surface area contributed by atoms with Crippen molar-refractivity contribution in [3.63, 3.8) is 0 Å². The molecule has 1 N–H and O–H groups in total. The molecule has 0 atom stereocenters. The van der Waals surface area contributed by atoms with Crippen molar-refractivity contribution in [2.24, 2.45) is 0 Å². The van der Waals surface area contributed by atoms with Crippen LogP contribution < -0.4 is 34.3 Å². The maximum absolute atomic E-state index is 11.2. The Labute approximate surface area is 105 Å². The van der Waals surface area contributed by atoms with Gasteiger partial charge >= 0.3 is 29.6 Å². The van der Waals surface area contributed by atoms with Crippen molar-refractivity contribution in [2.75, 3.05) is 6.00 Å². The van der Waals surface area contributed by atoms with Gasteiger partial charge in [0.05, 0.1) is 10.9 Å². The number of nitrogens with one attached hydrogen (secondary N) is 1. The van der Waals surface area contributed by atoms with Gasteiger partial charge in [-0.05, 0) is 12.1 Å². The predicted octanol–water partition coefficient (Wildman–Crippen LogP) is -1.83. The standard InChI is InChI=1S/C7H8ClNO2S.Na/c8-6-9-12(10,11)7-4-2-1-3-5-7;/h1-5,9H,6H2;/q;+1. The molecule has 0 saturated heterocycles. The minimum absolute atomic E-state index is 0. The van der Waals surface area contributed by atoms with E-state index in [0.29, 0.717) is 0 Å². The molecule has 0 aliphatic carbocycles. The van der Waals surface area contributed by atoms with Crippen molar-refractivity contribution in [1.29, 1.82) is 0 Å². The number of hydrogen-bond donors (Lipinski definition) is 1. The van der Waals surface area contributed by atoms with Crippen LogP contribution in [0.15, 0.2) is 35.2 Å². The van der Waals surface area contributed by atoms with Gasteiger partial charge < -0.3 is 0 Å². The van der Waals surface area contributed by atoms with Crippen LogP contribution in [0.1, 0.15) is 0 Å². The van der Waals surface area contributed by atoms with Gasteiger partial charge in [0, 0.05) is 0 Å². The molecule has 0 aliphatic rings. The molecule has 66 valence electrons. The monoisotopic (exact) mass is 228 g/mol. The Bertz CT molecular complexity index is 341. The Morgan fingerprint density at radius 3 is 2.23 bits per heavy atom. The summed E-state index contributed by atoms with van der Waals surface area (Å²) in [5.41, 5.74) is 0. The number of alkyl halides is 1. The van der Waals surface area contributed by atoms with Crippen LogP contribution in [0.3, 0.4) is 0 Å². The van der Waals surface area contributed by atoms with Gasteiger partial charge in [0.1, 0.15) is 0 Å². The van der Waals surface area contributed by atoms with Crippen molar-refractivity contribution < 1.29 is 38.0 Å². The van der Waals surface area contributed by atoms with E-state index in [2.05, 4.69) is 4.72 Å². The third kappa shape index (κ3) is 3.97. The van der Waals surface area contributed by atoms with Crippen LogP contribution in [0, 0.1) is 0 Å². The maximum atomic E-state index is 11.2. The summed E-state index contributed by atoms with van der Waals surface area (Å²) in [6.45, 7) is 0. The van der Waals surface area contributed by atoms with Crippen LogP contribution in [0.4, 0.5) is 0 Å². The topological polar surface area (TPSA) is 46.2 Å². The van der Waals surface area contributed by atoms with Crippen molar-refractivity contribution in [3.8, 4) is 0 Å². The second kappa shape index (κ2) is 6.01. The zero-order chi connectivity index (χ0) is 9.03. The first kappa shape index (κ1) is 13.4. The van der Waals surface area contributed by atoms with Gasteiger partial charge in [-0.2, -0.15) is 4.72 Å². The zero-order valence-corrected chi connectivity index (χ0v) is 10.8. The third-order valence-corrected chi connectivity index (χ3v) is 3.01. The Morgan fingerprint density at radius 1 is 1.23 bits per heavy atom. The van der Waals surface area contributed by atoms with E-state index in [9.17, 15) is 8.42 Å². The zero-order valence-electron chi connectivity index (χ0n) is 7.20. The Morgan fingerprint density at radius 2 is 1.77 bits per heavy atom. The molecule has 0 fully saturated rings. The average molecular weight is 229 g/mol. The number of rotatable bonds is 3. The quantitative estimate of drug-likeness (QED) is 0.376. The summed E-state index contributed by atoms with van der Waals surface area (Å²) < 4.78 is 24.6. The van der Waals surface area contributed by atoms with E-state index in [1.54, 1.807) is 18.2 Å². The van der Waals surface area contributed by atoms with Gasteiger partial charge in [-0.25, -0.2) is 8.42 Å². The van der Waals surface area contributed by atoms with Gasteiger partial charge in [0.25, 0.3) is 0 Å². The first-order chi connectivity index (χ1) is 5.67. The molecular formula is C7H8ClNNaO2S+. The van der Waals surface area contributed by atoms with Crippen LogP contribution in [0.25, 0.3) is 0 Å². The first-order valence-electron chi connectivity index (χ1n) is 3.27. The number of sulfonamides is 1. The summed E-state index contributed by atoms with van der Waals surface area (Å²) in [5.74, 6) is 0. The van der Waals surface area contributed by atoms with Gasteiger partial charge in [-0.15, -0.1) is 11.6 Å². The molecule has 0 heterocycles. The van der Waals surface area contributed by atoms with Crippen molar-refractivity contribution in [1.82, 2.24) is 4.72 Å². The minimum atomic E-state index is -3.39. The van der Waals surface area contributed by atoms with Crippen LogP contribution in [0.5, 0.6) is 0 Å².